The zero-order valence-corrected chi connectivity index (χ0v) is 21.7. The van der Waals surface area contributed by atoms with Gasteiger partial charge >= 0.3 is 0 Å². The number of ether oxygens (including phenoxy) is 2. The molecule has 0 aliphatic rings. The van der Waals surface area contributed by atoms with Gasteiger partial charge in [0.2, 0.25) is 5.91 Å². The summed E-state index contributed by atoms with van der Waals surface area (Å²) in [7, 11) is 1.85. The first kappa shape index (κ1) is 24.7. The van der Waals surface area contributed by atoms with Gasteiger partial charge in [0.25, 0.3) is 0 Å². The summed E-state index contributed by atoms with van der Waals surface area (Å²) in [5.41, 5.74) is 4.16. The lowest BCUT2D eigenvalue weighted by atomic mass is 10.1. The van der Waals surface area contributed by atoms with Crippen molar-refractivity contribution < 1.29 is 14.3 Å². The van der Waals surface area contributed by atoms with Crippen LogP contribution in [0, 0.1) is 13.8 Å². The summed E-state index contributed by atoms with van der Waals surface area (Å²) in [6, 6.07) is 13.9. The lowest BCUT2D eigenvalue weighted by molar-refractivity contribution is -0.113. The molecule has 0 radical (unpaired) electrons. The van der Waals surface area contributed by atoms with E-state index in [1.165, 1.54) is 28.7 Å². The van der Waals surface area contributed by atoms with E-state index in [9.17, 15) is 4.79 Å². The summed E-state index contributed by atoms with van der Waals surface area (Å²) < 4.78 is 13.4. The molecule has 1 amide bonds. The summed E-state index contributed by atoms with van der Waals surface area (Å²) in [6.45, 7) is 6.78. The van der Waals surface area contributed by atoms with Gasteiger partial charge in [0.1, 0.15) is 6.61 Å². The van der Waals surface area contributed by atoms with Gasteiger partial charge in [-0.25, -0.2) is 4.98 Å². The average molecular weight is 510 g/mol. The number of anilines is 1. The Morgan fingerprint density at radius 1 is 1.06 bits per heavy atom. The lowest BCUT2D eigenvalue weighted by Gasteiger charge is -2.12. The highest BCUT2D eigenvalue weighted by atomic mass is 32.2. The number of aryl methyl sites for hydroxylation is 2. The molecule has 182 valence electrons. The normalized spacial score (nSPS) is 10.9. The largest absolute Gasteiger partial charge is 0.490 e. The first-order valence-electron chi connectivity index (χ1n) is 11.1. The molecule has 2 aromatic heterocycles. The molecule has 0 atom stereocenters. The summed E-state index contributed by atoms with van der Waals surface area (Å²) in [5.74, 6) is 2.05. The van der Waals surface area contributed by atoms with Gasteiger partial charge in [0.05, 0.1) is 18.1 Å². The second kappa shape index (κ2) is 11.4. The molecule has 8 nitrogen and oxygen atoms in total. The van der Waals surface area contributed by atoms with Gasteiger partial charge in [-0.3, -0.25) is 4.79 Å². The van der Waals surface area contributed by atoms with Crippen molar-refractivity contribution in [1.29, 1.82) is 0 Å². The van der Waals surface area contributed by atoms with Crippen LogP contribution >= 0.6 is 23.1 Å². The van der Waals surface area contributed by atoms with Crippen molar-refractivity contribution in [3.05, 3.63) is 64.8 Å². The molecule has 0 aliphatic heterocycles. The third kappa shape index (κ3) is 6.40. The Hall–Kier alpha value is -3.37. The maximum absolute atomic E-state index is 12.5. The topological polar surface area (TPSA) is 91.2 Å². The van der Waals surface area contributed by atoms with Crippen LogP contribution in [0.4, 0.5) is 5.13 Å². The molecule has 0 saturated heterocycles. The van der Waals surface area contributed by atoms with E-state index in [4.69, 9.17) is 9.47 Å². The van der Waals surface area contributed by atoms with E-state index in [2.05, 4.69) is 20.5 Å². The number of carbonyl (C=O) groups is 1. The fourth-order valence-corrected chi connectivity index (χ4v) is 4.68. The molecule has 1 N–H and O–H groups in total. The smallest absolute Gasteiger partial charge is 0.236 e. The molecule has 4 rings (SSSR count). The number of aromatic nitrogens is 4. The Kier molecular flexibility index (Phi) is 8.04. The van der Waals surface area contributed by atoms with Gasteiger partial charge in [-0.1, -0.05) is 47.7 Å². The molecule has 0 aliphatic carbocycles. The third-order valence-corrected chi connectivity index (χ3v) is 6.89. The van der Waals surface area contributed by atoms with Crippen LogP contribution in [-0.2, 0) is 18.4 Å². The number of benzene rings is 2. The molecule has 4 aromatic rings. The van der Waals surface area contributed by atoms with Gasteiger partial charge in [-0.15, -0.1) is 21.5 Å². The van der Waals surface area contributed by atoms with E-state index in [-0.39, 0.29) is 18.3 Å². The van der Waals surface area contributed by atoms with E-state index >= 15 is 0 Å². The fourth-order valence-electron chi connectivity index (χ4n) is 3.22. The van der Waals surface area contributed by atoms with E-state index in [0.717, 1.165) is 16.8 Å². The van der Waals surface area contributed by atoms with Gasteiger partial charge in [-0.2, -0.15) is 0 Å². The van der Waals surface area contributed by atoms with Crippen molar-refractivity contribution in [2.45, 2.75) is 32.5 Å². The highest BCUT2D eigenvalue weighted by Crippen LogP contribution is 2.29. The summed E-state index contributed by atoms with van der Waals surface area (Å²) in [6.07, 6.45) is 0. The quantitative estimate of drug-likeness (QED) is 0.291. The van der Waals surface area contributed by atoms with Crippen LogP contribution in [0.1, 0.15) is 23.9 Å². The minimum Gasteiger partial charge on any atom is -0.490 e. The highest BCUT2D eigenvalue weighted by Gasteiger charge is 2.14. The molecule has 0 fully saturated rings. The van der Waals surface area contributed by atoms with Crippen LogP contribution in [0.15, 0.2) is 53.0 Å². The molecule has 0 saturated carbocycles. The summed E-state index contributed by atoms with van der Waals surface area (Å²) in [4.78, 5) is 17.0. The van der Waals surface area contributed by atoms with Crippen LogP contribution in [0.5, 0.6) is 11.5 Å². The summed E-state index contributed by atoms with van der Waals surface area (Å²) in [5, 5.41) is 14.4. The van der Waals surface area contributed by atoms with Crippen molar-refractivity contribution in [1.82, 2.24) is 19.7 Å². The van der Waals surface area contributed by atoms with Crippen molar-refractivity contribution in [2.24, 2.45) is 7.05 Å². The number of nitrogens with one attached hydrogen (secondary N) is 1. The predicted molar refractivity (Wildman–Crippen MR) is 139 cm³/mol. The van der Waals surface area contributed by atoms with E-state index in [1.54, 1.807) is 0 Å². The van der Waals surface area contributed by atoms with Crippen LogP contribution in [0.25, 0.3) is 11.3 Å². The maximum atomic E-state index is 12.5. The van der Waals surface area contributed by atoms with E-state index in [0.29, 0.717) is 34.2 Å². The first-order valence-corrected chi connectivity index (χ1v) is 13.0. The van der Waals surface area contributed by atoms with Crippen molar-refractivity contribution in [2.75, 3.05) is 17.7 Å². The molecular weight excluding hydrogens is 482 g/mol. The Labute approximate surface area is 212 Å². The zero-order valence-electron chi connectivity index (χ0n) is 20.1. The molecule has 0 spiro atoms. The summed E-state index contributed by atoms with van der Waals surface area (Å²) >= 11 is 2.71. The van der Waals surface area contributed by atoms with Crippen molar-refractivity contribution >= 4 is 34.1 Å². The number of thiazole rings is 1. The lowest BCUT2D eigenvalue weighted by Crippen LogP contribution is -2.14. The predicted octanol–water partition coefficient (Wildman–Crippen LogP) is 5.26. The number of thioether (sulfide) groups is 1. The molecule has 2 aromatic carbocycles. The van der Waals surface area contributed by atoms with Crippen LogP contribution in [-0.4, -0.2) is 38.0 Å². The number of nitrogens with zero attached hydrogens (tertiary/aromatic N) is 4. The van der Waals surface area contributed by atoms with Gasteiger partial charge < -0.3 is 19.4 Å². The third-order valence-electron chi connectivity index (χ3n) is 5.11. The number of hydrogen-bond acceptors (Lipinski definition) is 8. The van der Waals surface area contributed by atoms with Crippen LogP contribution in [0.2, 0.25) is 0 Å². The molecule has 35 heavy (non-hydrogen) atoms. The monoisotopic (exact) mass is 509 g/mol. The van der Waals surface area contributed by atoms with Crippen molar-refractivity contribution in [3.63, 3.8) is 0 Å². The van der Waals surface area contributed by atoms with Crippen molar-refractivity contribution in [3.8, 4) is 22.8 Å². The molecule has 0 bridgehead atoms. The molecular formula is C25H27N5O3S2. The first-order chi connectivity index (χ1) is 16.9. The second-order valence-corrected chi connectivity index (χ2v) is 9.67. The fraction of sp³-hybridized carbons (Fsp3) is 0.280. The van der Waals surface area contributed by atoms with E-state index in [1.807, 2.05) is 80.2 Å². The van der Waals surface area contributed by atoms with Gasteiger partial charge in [-0.05, 0) is 38.5 Å². The standard InChI is InChI=1S/C25H27N5O3S2/c1-5-32-21-12-17(3)8-11-20(21)33-13-22-28-29-25(30(22)4)35-15-23(31)27-24-26-19(14-34-24)18-9-6-16(2)7-10-18/h6-12,14H,5,13,15H2,1-4H3,(H,26,27,31). The maximum Gasteiger partial charge on any atom is 0.236 e. The minimum atomic E-state index is -0.151. The van der Waals surface area contributed by atoms with Crippen LogP contribution < -0.4 is 14.8 Å². The Balaban J connectivity index is 1.30. The molecule has 0 unspecified atom stereocenters. The number of rotatable bonds is 10. The van der Waals surface area contributed by atoms with Gasteiger partial charge in [0.15, 0.2) is 27.6 Å². The second-order valence-electron chi connectivity index (χ2n) is 7.87. The van der Waals surface area contributed by atoms with E-state index < -0.39 is 0 Å². The minimum absolute atomic E-state index is 0.151. The molecule has 10 heteroatoms. The Morgan fingerprint density at radius 2 is 1.83 bits per heavy atom. The Bertz CT molecular complexity index is 1300. The van der Waals surface area contributed by atoms with Crippen LogP contribution in [0.3, 0.4) is 0 Å². The Morgan fingerprint density at radius 3 is 2.60 bits per heavy atom. The molecule has 2 heterocycles. The average Bonchev–Trinajstić information content (AvgIpc) is 3.44. The highest BCUT2D eigenvalue weighted by molar-refractivity contribution is 7.99. The zero-order chi connectivity index (χ0) is 24.8. The SMILES string of the molecule is CCOc1cc(C)ccc1OCc1nnc(SCC(=O)Nc2nc(-c3ccc(C)cc3)cs2)n1C. The van der Waals surface area contributed by atoms with Gasteiger partial charge in [0, 0.05) is 18.0 Å². The number of hydrogen-bond donors (Lipinski definition) is 1. The number of carbonyl (C=O) groups excluding carboxylic acids is 1. The number of amides is 1.